The first-order valence-electron chi connectivity index (χ1n) is 36.4. The second-order valence-corrected chi connectivity index (χ2v) is 24.1. The molecule has 0 unspecified atom stereocenters. The van der Waals surface area contributed by atoms with Gasteiger partial charge in [-0.25, -0.2) is 64.8 Å². The van der Waals surface area contributed by atoms with Gasteiger partial charge in [-0.15, -0.1) is 10.2 Å². The van der Waals surface area contributed by atoms with Crippen LogP contribution in [0.15, 0.2) is 326 Å². The molecule has 28 heteroatoms. The van der Waals surface area contributed by atoms with Gasteiger partial charge in [0, 0.05) is 145 Å². The Morgan fingerprint density at radius 2 is 0.752 bits per heavy atom. The van der Waals surface area contributed by atoms with Crippen molar-refractivity contribution in [2.24, 2.45) is 0 Å². The molecular weight excluding hydrogens is 1460 g/mol. The zero-order chi connectivity index (χ0) is 84.4. The fraction of sp³-hybridized carbons (Fsp3) is 0.169. The fourth-order valence-corrected chi connectivity index (χ4v) is 7.93. The molecule has 0 N–H and O–H groups in total. The predicted molar refractivity (Wildman–Crippen MR) is 458 cm³/mol. The largest absolute Gasteiger partial charge is 0.265 e. The van der Waals surface area contributed by atoms with Crippen molar-refractivity contribution < 1.29 is 0 Å². The van der Waals surface area contributed by atoms with Crippen LogP contribution in [0.1, 0.15) is 85.3 Å². The molecule has 18 aromatic rings. The normalized spacial score (nSPS) is 9.15. The Labute approximate surface area is 684 Å². The van der Waals surface area contributed by atoms with Crippen LogP contribution < -0.4 is 0 Å². The SMILES string of the molecule is Cc1ccc2ccccc2n1.Cc1ccccn1.Cc1cccnc1.Cc1cccnn1.Cc1ccnc2ccccc12.Cc1ccncc1.Cc1ccncn1.Cc1ccnnc1.Cc1cnccn1.Cc1cncnc1.Cc1cncnn1.Cc1ncc2ccccc2n1.Cc1ncccn1.Cc1nccnn1.Cc1ncncn1. The summed E-state index contributed by atoms with van der Waals surface area (Å²) in [4.78, 5) is 78.0. The van der Waals surface area contributed by atoms with E-state index in [1.165, 1.54) is 59.1 Å². The Kier molecular flexibility index (Phi) is 48.7. The molecule has 117 heavy (non-hydrogen) atoms. The van der Waals surface area contributed by atoms with Gasteiger partial charge in [-0.3, -0.25) is 34.9 Å². The topological polar surface area (TPSA) is 361 Å². The van der Waals surface area contributed by atoms with Gasteiger partial charge in [0.05, 0.1) is 52.2 Å². The molecule has 0 saturated heterocycles. The monoisotopic (exact) mass is 1560 g/mol. The van der Waals surface area contributed by atoms with Crippen molar-refractivity contribution in [3.63, 3.8) is 0 Å². The lowest BCUT2D eigenvalue weighted by Crippen LogP contribution is -1.86. The van der Waals surface area contributed by atoms with Crippen LogP contribution in [0.3, 0.4) is 0 Å². The number of fused-ring (bicyclic) bond motifs is 3. The average molecular weight is 1560 g/mol. The van der Waals surface area contributed by atoms with Crippen molar-refractivity contribution in [1.82, 2.24) is 140 Å². The third-order valence-electron chi connectivity index (χ3n) is 13.7. The lowest BCUT2D eigenvalue weighted by Gasteiger charge is -1.97. The summed E-state index contributed by atoms with van der Waals surface area (Å²) < 4.78 is 0. The highest BCUT2D eigenvalue weighted by Gasteiger charge is 1.96. The minimum absolute atomic E-state index is 0.711. The van der Waals surface area contributed by atoms with E-state index in [0.29, 0.717) is 5.82 Å². The number of aryl methyl sites for hydroxylation is 15. The molecule has 0 amide bonds. The molecule has 0 aliphatic carbocycles. The van der Waals surface area contributed by atoms with Crippen LogP contribution in [0.4, 0.5) is 0 Å². The molecule has 594 valence electrons. The van der Waals surface area contributed by atoms with Gasteiger partial charge in [-0.05, 0) is 223 Å². The summed E-state index contributed by atoms with van der Waals surface area (Å²) in [5.41, 5.74) is 15.1. The number of nitrogens with zero attached hydrogens (tertiary/aromatic N) is 28. The summed E-state index contributed by atoms with van der Waals surface area (Å²) in [6.07, 6.45) is 43.7. The number of para-hydroxylation sites is 3. The Balaban J connectivity index is 0.000000265. The van der Waals surface area contributed by atoms with E-state index in [1.807, 2.05) is 248 Å². The summed E-state index contributed by atoms with van der Waals surface area (Å²) in [6.45, 7) is 29.1. The highest BCUT2D eigenvalue weighted by atomic mass is 15.1. The molecule has 28 nitrogen and oxygen atoms in total. The van der Waals surface area contributed by atoms with Crippen molar-refractivity contribution in [1.29, 1.82) is 0 Å². The first-order chi connectivity index (χ1) is 56.8. The van der Waals surface area contributed by atoms with E-state index >= 15 is 0 Å². The van der Waals surface area contributed by atoms with Gasteiger partial charge in [0.25, 0.3) is 0 Å². The quantitative estimate of drug-likeness (QED) is 0.136. The summed E-state index contributed by atoms with van der Waals surface area (Å²) in [7, 11) is 0. The van der Waals surface area contributed by atoms with Gasteiger partial charge in [-0.1, -0.05) is 72.8 Å². The smallest absolute Gasteiger partial charge is 0.147 e. The molecule has 0 spiro atoms. The Morgan fingerprint density at radius 3 is 1.17 bits per heavy atom. The molecule has 0 fully saturated rings. The van der Waals surface area contributed by atoms with Gasteiger partial charge in [0.2, 0.25) is 0 Å². The van der Waals surface area contributed by atoms with Crippen molar-refractivity contribution >= 4 is 32.7 Å². The Hall–Kier alpha value is -15.2. The molecule has 0 aliphatic rings. The molecule has 0 bridgehead atoms. The van der Waals surface area contributed by atoms with Gasteiger partial charge in [-0.2, -0.15) is 30.6 Å². The summed E-state index contributed by atoms with van der Waals surface area (Å²) in [5, 5.41) is 32.5. The van der Waals surface area contributed by atoms with Gasteiger partial charge < -0.3 is 0 Å². The number of rotatable bonds is 0. The lowest BCUT2D eigenvalue weighted by molar-refractivity contribution is 0.907. The summed E-state index contributed by atoms with van der Waals surface area (Å²) in [6, 6.07) is 53.5. The van der Waals surface area contributed by atoms with E-state index < -0.39 is 0 Å². The van der Waals surface area contributed by atoms with E-state index in [0.717, 1.165) is 84.7 Å². The molecule has 0 radical (unpaired) electrons. The maximum Gasteiger partial charge on any atom is 0.147 e. The highest BCUT2D eigenvalue weighted by molar-refractivity contribution is 5.81. The standard InChI is InChI=1S/2C10H9N.C9H8N2.3C6H7N.6C5H6N2.3C4H5N3/c1-8-6-7-11-10-5-3-2-4-9(8)10;1-8-6-7-9-4-2-3-5-10(9)11-8;1-7-10-6-8-4-2-3-5-9(8)11-7;1-6-2-4-7-5-3-6;1-6-3-2-4-7-5-6;1-6-4-2-3-5-7-6;1-5-2-6-4-7-3-5;1-5-4-6-2-3-7-5;1-5-2-3-6-4-7-5;1-5-2-3-6-7-4-5;1-5-6-3-2-4-7-5;1-5-3-2-4-6-7-5;1-4-6-2-5-3-7-4;1-4-2-5-3-6-7-4;1-4-5-2-3-6-7-4/h2*2-7H,1H3;2-6H,1H3;3*2-5H,1H3;6*2-4H,1H3;3*2-3H,1H3. The number of aromatic nitrogens is 28. The Bertz CT molecular complexity index is 4490. The second kappa shape index (κ2) is 60.5. The lowest BCUT2D eigenvalue weighted by atomic mass is 10.1. The van der Waals surface area contributed by atoms with Gasteiger partial charge >= 0.3 is 0 Å². The van der Waals surface area contributed by atoms with Gasteiger partial charge in [0.15, 0.2) is 0 Å². The van der Waals surface area contributed by atoms with E-state index in [1.54, 1.807) is 125 Å². The van der Waals surface area contributed by atoms with E-state index in [4.69, 9.17) is 0 Å². The first-order valence-corrected chi connectivity index (χ1v) is 36.4. The zero-order valence-corrected chi connectivity index (χ0v) is 68.6. The minimum atomic E-state index is 0.711. The number of hydrogen-bond acceptors (Lipinski definition) is 28. The highest BCUT2D eigenvalue weighted by Crippen LogP contribution is 2.15. The molecular formula is C89H98N28. The number of hydrogen-bond donors (Lipinski definition) is 0. The number of benzene rings is 3. The van der Waals surface area contributed by atoms with E-state index in [-0.39, 0.29) is 0 Å². The van der Waals surface area contributed by atoms with Crippen LogP contribution in [-0.4, -0.2) is 140 Å². The molecule has 0 aliphatic heterocycles. The first kappa shape index (κ1) is 94.2. The van der Waals surface area contributed by atoms with E-state index in [9.17, 15) is 0 Å². The molecule has 0 atom stereocenters. The average Bonchev–Trinajstić information content (AvgIpc) is 0.873. The van der Waals surface area contributed by atoms with Crippen LogP contribution in [0.25, 0.3) is 32.7 Å². The zero-order valence-electron chi connectivity index (χ0n) is 68.6. The van der Waals surface area contributed by atoms with Crippen LogP contribution in [0.5, 0.6) is 0 Å². The molecule has 15 aromatic heterocycles. The molecule has 3 aromatic carbocycles. The van der Waals surface area contributed by atoms with E-state index in [2.05, 4.69) is 166 Å². The van der Waals surface area contributed by atoms with Crippen LogP contribution in [-0.2, 0) is 0 Å². The predicted octanol–water partition coefficient (Wildman–Crippen LogP) is 16.4. The minimum Gasteiger partial charge on any atom is -0.265 e. The summed E-state index contributed by atoms with van der Waals surface area (Å²) in [5.74, 6) is 3.11. The third-order valence-corrected chi connectivity index (χ3v) is 13.7. The van der Waals surface area contributed by atoms with Crippen LogP contribution >= 0.6 is 0 Å². The fourth-order valence-electron chi connectivity index (χ4n) is 7.93. The van der Waals surface area contributed by atoms with Crippen molar-refractivity contribution in [3.8, 4) is 0 Å². The Morgan fingerprint density at radius 1 is 0.188 bits per heavy atom. The van der Waals surface area contributed by atoms with Crippen LogP contribution in [0, 0.1) is 104 Å². The maximum atomic E-state index is 4.38. The molecule has 18 rings (SSSR count). The van der Waals surface area contributed by atoms with Crippen molar-refractivity contribution in [2.75, 3.05) is 0 Å². The maximum absolute atomic E-state index is 4.38. The van der Waals surface area contributed by atoms with Crippen molar-refractivity contribution in [2.45, 2.75) is 104 Å². The summed E-state index contributed by atoms with van der Waals surface area (Å²) >= 11 is 0. The van der Waals surface area contributed by atoms with Crippen LogP contribution in [0.2, 0.25) is 0 Å². The van der Waals surface area contributed by atoms with Gasteiger partial charge in [0.1, 0.15) is 54.9 Å². The van der Waals surface area contributed by atoms with Crippen molar-refractivity contribution in [3.05, 3.63) is 411 Å². The number of pyridine rings is 5. The second-order valence-electron chi connectivity index (χ2n) is 24.1. The third kappa shape index (κ3) is 48.9. The molecule has 15 heterocycles. The molecule has 0 saturated carbocycles.